The highest BCUT2D eigenvalue weighted by Gasteiger charge is 2.85. The fraction of sp³-hybridized carbons (Fsp3) is 0.667. The van der Waals surface area contributed by atoms with E-state index in [0.717, 1.165) is 0 Å². The van der Waals surface area contributed by atoms with Crippen LogP contribution in [0.25, 0.3) is 0 Å². The largest absolute Gasteiger partial charge is 0.743 e. The first-order chi connectivity index (χ1) is 9.11. The summed E-state index contributed by atoms with van der Waals surface area (Å²) >= 11 is 0. The summed E-state index contributed by atoms with van der Waals surface area (Å²) in [7, 11) is -7.35. The zero-order valence-electron chi connectivity index (χ0n) is 9.21. The molecule has 21 heavy (non-hydrogen) atoms. The molecule has 0 aliphatic rings. The van der Waals surface area contributed by atoms with Gasteiger partial charge in [-0.05, 0) is 4.98 Å². The molecule has 0 bridgehead atoms. The van der Waals surface area contributed by atoms with Crippen LogP contribution < -0.4 is 4.68 Å². The molecule has 0 saturated carbocycles. The second kappa shape index (κ2) is 4.49. The van der Waals surface area contributed by atoms with Crippen LogP contribution in [0, 0.1) is 0 Å². The highest BCUT2D eigenvalue weighted by molar-refractivity contribution is 7.86. The molecule has 0 amide bonds. The van der Waals surface area contributed by atoms with Crippen LogP contribution in [0.2, 0.25) is 0 Å². The Balaban J connectivity index is 3.48. The van der Waals surface area contributed by atoms with E-state index >= 15 is 0 Å². The van der Waals surface area contributed by atoms with Crippen molar-refractivity contribution in [2.75, 3.05) is 0 Å². The van der Waals surface area contributed by atoms with Gasteiger partial charge >= 0.3 is 29.5 Å². The molecule has 1 aromatic rings. The molecule has 1 rings (SSSR count). The van der Waals surface area contributed by atoms with E-state index in [9.17, 15) is 48.1 Å². The van der Waals surface area contributed by atoms with Gasteiger partial charge in [-0.2, -0.15) is 40.2 Å². The summed E-state index contributed by atoms with van der Waals surface area (Å²) in [5.41, 5.74) is 0. The summed E-state index contributed by atoms with van der Waals surface area (Å²) in [5, 5.41) is -5.76. The second-order valence-corrected chi connectivity index (χ2v) is 4.97. The number of halogens is 8. The van der Waals surface area contributed by atoms with E-state index in [-0.39, 0.29) is 6.33 Å². The molecule has 0 saturated heterocycles. The van der Waals surface area contributed by atoms with Gasteiger partial charge in [-0.25, -0.2) is 8.42 Å². The Hall–Kier alpha value is -1.51. The summed E-state index contributed by atoms with van der Waals surface area (Å²) in [6.07, 6.45) is 0.179. The number of aromatic amines is 1. The lowest BCUT2D eigenvalue weighted by atomic mass is 10.1. The van der Waals surface area contributed by atoms with Crippen molar-refractivity contribution in [2.45, 2.75) is 23.1 Å². The lowest BCUT2D eigenvalue weighted by Crippen LogP contribution is -2.71. The van der Waals surface area contributed by atoms with Crippen molar-refractivity contribution in [2.24, 2.45) is 0 Å². The van der Waals surface area contributed by atoms with Crippen LogP contribution in [0.15, 0.2) is 12.7 Å². The second-order valence-electron chi connectivity index (χ2n) is 3.55. The normalized spacial score (nSPS) is 15.3. The Bertz CT molecular complexity index is 613. The molecule has 0 radical (unpaired) electrons. The fourth-order valence-electron chi connectivity index (χ4n) is 1.06. The molecular weight excluding hydrogens is 346 g/mol. The van der Waals surface area contributed by atoms with Crippen molar-refractivity contribution < 1.29 is 52.8 Å². The maximum Gasteiger partial charge on any atom is 0.487 e. The first-order valence-electron chi connectivity index (χ1n) is 4.48. The van der Waals surface area contributed by atoms with Crippen molar-refractivity contribution in [3.8, 4) is 0 Å². The molecule has 0 spiro atoms. The first kappa shape index (κ1) is 17.5. The predicted molar refractivity (Wildman–Crippen MR) is 43.5 cm³/mol. The summed E-state index contributed by atoms with van der Waals surface area (Å²) in [5.74, 6) is -14.2. The van der Waals surface area contributed by atoms with Crippen LogP contribution in [-0.2, 0) is 16.2 Å². The topological polar surface area (TPSA) is 89.8 Å². The number of aromatic nitrogens is 3. The van der Waals surface area contributed by atoms with E-state index in [1.54, 1.807) is 0 Å². The molecule has 1 N–H and O–H groups in total. The number of H-pyrrole nitrogens is 1. The molecule has 0 atom stereocenters. The van der Waals surface area contributed by atoms with Crippen molar-refractivity contribution in [1.82, 2.24) is 10.1 Å². The van der Waals surface area contributed by atoms with Crippen molar-refractivity contribution in [3.05, 3.63) is 12.7 Å². The fourth-order valence-corrected chi connectivity index (χ4v) is 1.50. The SMILES string of the molecule is O=S(=O)([O-])C(F)(F)C(F)(F)C(F)(F)C(F)(F)[n+]1cnc[nH]1. The third-order valence-electron chi connectivity index (χ3n) is 2.21. The number of rotatable bonds is 5. The summed E-state index contributed by atoms with van der Waals surface area (Å²) in [6.45, 7) is 0. The average Bonchev–Trinajstić information content (AvgIpc) is 2.80. The molecule has 15 heteroatoms. The third kappa shape index (κ3) is 2.23. The van der Waals surface area contributed by atoms with Gasteiger partial charge in [0.25, 0.3) is 0 Å². The Kier molecular flexibility index (Phi) is 3.75. The molecule has 1 aromatic heterocycles. The molecule has 0 unspecified atom stereocenters. The lowest BCUT2D eigenvalue weighted by Gasteiger charge is -2.35. The summed E-state index contributed by atoms with van der Waals surface area (Å²) < 4.78 is 133. The van der Waals surface area contributed by atoms with E-state index in [2.05, 4.69) is 4.98 Å². The average molecular weight is 349 g/mol. The predicted octanol–water partition coefficient (Wildman–Crippen LogP) is 0.655. The zero-order chi connectivity index (χ0) is 16.9. The minimum atomic E-state index is -7.35. The van der Waals surface area contributed by atoms with Gasteiger partial charge in [0.2, 0.25) is 6.33 Å². The standard InChI is InChI=1S/C6H3F8N3O3S/c7-3(8,5(11,12)17-2-15-1-16-17)4(9,10)6(13,14)21(18,19)20/h1-2H,(H,18,19,20). The highest BCUT2D eigenvalue weighted by Crippen LogP contribution is 2.53. The Labute approximate surface area is 110 Å². The number of alkyl halides is 8. The molecule has 0 fully saturated rings. The quantitative estimate of drug-likeness (QED) is 0.480. The molecule has 0 aliphatic carbocycles. The van der Waals surface area contributed by atoms with Crippen molar-refractivity contribution in [1.29, 1.82) is 0 Å². The Morgan fingerprint density at radius 1 is 1.00 bits per heavy atom. The maximum atomic E-state index is 13.2. The van der Waals surface area contributed by atoms with Crippen LogP contribution in [0.5, 0.6) is 0 Å². The van der Waals surface area contributed by atoms with E-state index in [4.69, 9.17) is 0 Å². The van der Waals surface area contributed by atoms with Gasteiger partial charge in [-0.3, -0.25) is 0 Å². The van der Waals surface area contributed by atoms with Crippen LogP contribution >= 0.6 is 0 Å². The minimum absolute atomic E-state index is 0.145. The lowest BCUT2D eigenvalue weighted by molar-refractivity contribution is -0.888. The van der Waals surface area contributed by atoms with E-state index in [1.165, 1.54) is 5.10 Å². The van der Waals surface area contributed by atoms with Gasteiger partial charge in [0.1, 0.15) is 0 Å². The van der Waals surface area contributed by atoms with E-state index in [1.807, 2.05) is 0 Å². The number of nitrogens with one attached hydrogen (secondary N) is 1. The monoisotopic (exact) mass is 349 g/mol. The minimum Gasteiger partial charge on any atom is -0.743 e. The first-order valence-corrected chi connectivity index (χ1v) is 5.88. The van der Waals surface area contributed by atoms with E-state index in [0.29, 0.717) is 6.33 Å². The smallest absolute Gasteiger partial charge is 0.487 e. The van der Waals surface area contributed by atoms with Crippen LogP contribution in [-0.4, -0.2) is 40.2 Å². The van der Waals surface area contributed by atoms with Crippen LogP contribution in [0.3, 0.4) is 0 Å². The number of hydrogen-bond acceptors (Lipinski definition) is 4. The van der Waals surface area contributed by atoms with Crippen molar-refractivity contribution in [3.63, 3.8) is 0 Å². The van der Waals surface area contributed by atoms with Gasteiger partial charge in [0.05, 0.1) is 0 Å². The van der Waals surface area contributed by atoms with Crippen LogP contribution in [0.1, 0.15) is 0 Å². The van der Waals surface area contributed by atoms with Gasteiger partial charge < -0.3 is 4.55 Å². The van der Waals surface area contributed by atoms with Gasteiger partial charge in [0, 0.05) is 0 Å². The molecular formula is C6H3F8N3O3S. The van der Waals surface area contributed by atoms with Gasteiger partial charge in [-0.15, -0.1) is 0 Å². The van der Waals surface area contributed by atoms with Gasteiger partial charge in [0.15, 0.2) is 10.1 Å². The summed E-state index contributed by atoms with van der Waals surface area (Å²) in [6, 6.07) is -6.04. The third-order valence-corrected chi connectivity index (χ3v) is 3.09. The van der Waals surface area contributed by atoms with Crippen molar-refractivity contribution >= 4 is 10.1 Å². The molecule has 1 heterocycles. The molecule has 0 aliphatic heterocycles. The number of hydrogen-bond donors (Lipinski definition) is 1. The highest BCUT2D eigenvalue weighted by atomic mass is 32.2. The Morgan fingerprint density at radius 3 is 1.81 bits per heavy atom. The zero-order valence-corrected chi connectivity index (χ0v) is 10.0. The van der Waals surface area contributed by atoms with Gasteiger partial charge in [-0.1, -0.05) is 4.68 Å². The van der Waals surface area contributed by atoms with Crippen LogP contribution in [0.4, 0.5) is 35.1 Å². The number of nitrogens with zero attached hydrogens (tertiary/aromatic N) is 2. The molecule has 122 valence electrons. The molecule has 6 nitrogen and oxygen atoms in total. The maximum absolute atomic E-state index is 13.2. The van der Waals surface area contributed by atoms with E-state index < -0.39 is 37.9 Å². The summed E-state index contributed by atoms with van der Waals surface area (Å²) in [4.78, 5) is 2.78. The molecule has 0 aromatic carbocycles. The Morgan fingerprint density at radius 2 is 1.48 bits per heavy atom.